The first-order valence-corrected chi connectivity index (χ1v) is 7.03. The van der Waals surface area contributed by atoms with Gasteiger partial charge in [-0.2, -0.15) is 5.10 Å². The van der Waals surface area contributed by atoms with Crippen molar-refractivity contribution in [1.29, 1.82) is 0 Å². The standard InChI is InChI=1S/C13H21N5O3/c1-21-8-7-18-10-11(9-15-18)16-12(19)13(20)17-5-2-3-14-4-6-17/h9-10,14H,2-8H2,1H3,(H,16,19). The molecule has 2 N–H and O–H groups in total. The summed E-state index contributed by atoms with van der Waals surface area (Å²) in [5.74, 6) is -1.12. The Hall–Kier alpha value is -1.93. The van der Waals surface area contributed by atoms with Crippen LogP contribution in [0.1, 0.15) is 6.42 Å². The molecule has 1 aliphatic heterocycles. The van der Waals surface area contributed by atoms with Crippen molar-refractivity contribution < 1.29 is 14.3 Å². The minimum atomic E-state index is -0.622. The fourth-order valence-electron chi connectivity index (χ4n) is 2.11. The number of hydrogen-bond acceptors (Lipinski definition) is 5. The summed E-state index contributed by atoms with van der Waals surface area (Å²) in [5.41, 5.74) is 0.511. The molecule has 0 radical (unpaired) electrons. The second-order valence-electron chi connectivity index (χ2n) is 4.83. The molecule has 0 atom stereocenters. The maximum atomic E-state index is 12.1. The molecule has 1 aromatic rings. The van der Waals surface area contributed by atoms with Gasteiger partial charge in [-0.25, -0.2) is 0 Å². The van der Waals surface area contributed by atoms with Crippen molar-refractivity contribution in [3.8, 4) is 0 Å². The van der Waals surface area contributed by atoms with Gasteiger partial charge in [0.2, 0.25) is 0 Å². The molecule has 1 saturated heterocycles. The predicted octanol–water partition coefficient (Wildman–Crippen LogP) is -0.710. The summed E-state index contributed by atoms with van der Waals surface area (Å²) in [6.07, 6.45) is 4.05. The molecule has 1 aliphatic rings. The van der Waals surface area contributed by atoms with E-state index in [-0.39, 0.29) is 0 Å². The summed E-state index contributed by atoms with van der Waals surface area (Å²) in [7, 11) is 1.61. The molecule has 0 unspecified atom stereocenters. The third kappa shape index (κ3) is 4.54. The molecule has 2 amide bonds. The number of anilines is 1. The lowest BCUT2D eigenvalue weighted by atomic mass is 10.3. The maximum absolute atomic E-state index is 12.1. The molecule has 2 rings (SSSR count). The predicted molar refractivity (Wildman–Crippen MR) is 76.8 cm³/mol. The van der Waals surface area contributed by atoms with Crippen molar-refractivity contribution in [3.63, 3.8) is 0 Å². The first-order valence-electron chi connectivity index (χ1n) is 7.03. The SMILES string of the molecule is COCCn1cc(NC(=O)C(=O)N2CCCNCC2)cn1. The van der Waals surface area contributed by atoms with Crippen molar-refractivity contribution in [3.05, 3.63) is 12.4 Å². The van der Waals surface area contributed by atoms with Gasteiger partial charge in [0.15, 0.2) is 0 Å². The summed E-state index contributed by atoms with van der Waals surface area (Å²) in [4.78, 5) is 25.6. The van der Waals surface area contributed by atoms with Crippen LogP contribution in [0.5, 0.6) is 0 Å². The van der Waals surface area contributed by atoms with E-state index >= 15 is 0 Å². The van der Waals surface area contributed by atoms with Gasteiger partial charge in [-0.1, -0.05) is 0 Å². The number of nitrogens with one attached hydrogen (secondary N) is 2. The molecule has 8 heteroatoms. The van der Waals surface area contributed by atoms with Gasteiger partial charge in [0, 0.05) is 32.9 Å². The lowest BCUT2D eigenvalue weighted by Crippen LogP contribution is -2.41. The summed E-state index contributed by atoms with van der Waals surface area (Å²) in [5, 5.41) is 9.85. The van der Waals surface area contributed by atoms with Gasteiger partial charge in [-0.3, -0.25) is 14.3 Å². The number of aromatic nitrogens is 2. The minimum absolute atomic E-state index is 0.497. The Balaban J connectivity index is 1.87. The highest BCUT2D eigenvalue weighted by molar-refractivity contribution is 6.39. The third-order valence-corrected chi connectivity index (χ3v) is 3.24. The van der Waals surface area contributed by atoms with Crippen LogP contribution in [-0.4, -0.2) is 66.4 Å². The zero-order valence-electron chi connectivity index (χ0n) is 12.2. The van der Waals surface area contributed by atoms with Gasteiger partial charge in [0.1, 0.15) is 0 Å². The van der Waals surface area contributed by atoms with Gasteiger partial charge >= 0.3 is 11.8 Å². The van der Waals surface area contributed by atoms with Crippen LogP contribution in [0.15, 0.2) is 12.4 Å². The van der Waals surface area contributed by atoms with E-state index in [1.54, 1.807) is 22.9 Å². The van der Waals surface area contributed by atoms with Crippen LogP contribution in [0.25, 0.3) is 0 Å². The van der Waals surface area contributed by atoms with E-state index in [2.05, 4.69) is 15.7 Å². The van der Waals surface area contributed by atoms with Gasteiger partial charge in [-0.15, -0.1) is 0 Å². The molecule has 0 bridgehead atoms. The highest BCUT2D eigenvalue weighted by Gasteiger charge is 2.22. The Morgan fingerprint density at radius 3 is 3.10 bits per heavy atom. The molecule has 0 aromatic carbocycles. The second-order valence-corrected chi connectivity index (χ2v) is 4.83. The van der Waals surface area contributed by atoms with Crippen molar-refractivity contribution in [2.75, 3.05) is 45.2 Å². The number of methoxy groups -OCH3 is 1. The Morgan fingerprint density at radius 1 is 1.43 bits per heavy atom. The molecule has 0 spiro atoms. The van der Waals surface area contributed by atoms with E-state index in [9.17, 15) is 9.59 Å². The zero-order chi connectivity index (χ0) is 15.1. The molecule has 0 saturated carbocycles. The van der Waals surface area contributed by atoms with Crippen LogP contribution in [0.2, 0.25) is 0 Å². The molecule has 1 fully saturated rings. The first kappa shape index (κ1) is 15.5. The summed E-state index contributed by atoms with van der Waals surface area (Å²) >= 11 is 0. The monoisotopic (exact) mass is 295 g/mol. The second kappa shape index (κ2) is 7.75. The van der Waals surface area contributed by atoms with Crippen LogP contribution in [0.4, 0.5) is 5.69 Å². The van der Waals surface area contributed by atoms with Crippen molar-refractivity contribution >= 4 is 17.5 Å². The minimum Gasteiger partial charge on any atom is -0.383 e. The maximum Gasteiger partial charge on any atom is 0.313 e. The molecule has 21 heavy (non-hydrogen) atoms. The first-order chi connectivity index (χ1) is 10.2. The van der Waals surface area contributed by atoms with Crippen LogP contribution in [-0.2, 0) is 20.9 Å². The Bertz CT molecular complexity index is 480. The Labute approximate surface area is 123 Å². The van der Waals surface area contributed by atoms with E-state index in [1.807, 2.05) is 0 Å². The number of ether oxygens (including phenoxy) is 1. The van der Waals surface area contributed by atoms with Crippen LogP contribution < -0.4 is 10.6 Å². The molecule has 116 valence electrons. The fourth-order valence-corrected chi connectivity index (χ4v) is 2.11. The number of rotatable bonds is 4. The molecule has 8 nitrogen and oxygen atoms in total. The smallest absolute Gasteiger partial charge is 0.313 e. The molecular weight excluding hydrogens is 274 g/mol. The molecule has 2 heterocycles. The summed E-state index contributed by atoms with van der Waals surface area (Å²) in [6, 6.07) is 0. The Morgan fingerprint density at radius 2 is 2.29 bits per heavy atom. The van der Waals surface area contributed by atoms with E-state index in [1.165, 1.54) is 6.20 Å². The average Bonchev–Trinajstić information content (AvgIpc) is 2.75. The Kier molecular flexibility index (Phi) is 5.70. The number of hydrogen-bond donors (Lipinski definition) is 2. The van der Waals surface area contributed by atoms with E-state index in [0.717, 1.165) is 13.0 Å². The summed E-state index contributed by atoms with van der Waals surface area (Å²) in [6.45, 7) is 3.88. The van der Waals surface area contributed by atoms with E-state index in [4.69, 9.17) is 4.74 Å². The van der Waals surface area contributed by atoms with Crippen LogP contribution in [0, 0.1) is 0 Å². The van der Waals surface area contributed by atoms with E-state index < -0.39 is 11.8 Å². The van der Waals surface area contributed by atoms with E-state index in [0.29, 0.717) is 38.5 Å². The van der Waals surface area contributed by atoms with Crippen molar-refractivity contribution in [1.82, 2.24) is 20.0 Å². The molecule has 0 aliphatic carbocycles. The highest BCUT2D eigenvalue weighted by atomic mass is 16.5. The topological polar surface area (TPSA) is 88.5 Å². The number of nitrogens with zero attached hydrogens (tertiary/aromatic N) is 3. The van der Waals surface area contributed by atoms with Crippen LogP contribution in [0.3, 0.4) is 0 Å². The normalized spacial score (nSPS) is 15.6. The largest absolute Gasteiger partial charge is 0.383 e. The number of carbonyl (C=O) groups is 2. The highest BCUT2D eigenvalue weighted by Crippen LogP contribution is 2.06. The number of carbonyl (C=O) groups excluding carboxylic acids is 2. The van der Waals surface area contributed by atoms with Gasteiger partial charge < -0.3 is 20.3 Å². The quantitative estimate of drug-likeness (QED) is 0.716. The van der Waals surface area contributed by atoms with Crippen LogP contribution >= 0.6 is 0 Å². The summed E-state index contributed by atoms with van der Waals surface area (Å²) < 4.78 is 6.60. The third-order valence-electron chi connectivity index (χ3n) is 3.24. The van der Waals surface area contributed by atoms with Crippen molar-refractivity contribution in [2.45, 2.75) is 13.0 Å². The average molecular weight is 295 g/mol. The number of amides is 2. The van der Waals surface area contributed by atoms with Crippen molar-refractivity contribution in [2.24, 2.45) is 0 Å². The molecule has 1 aromatic heterocycles. The fraction of sp³-hybridized carbons (Fsp3) is 0.615. The zero-order valence-corrected chi connectivity index (χ0v) is 12.2. The lowest BCUT2D eigenvalue weighted by Gasteiger charge is -2.18. The molecular formula is C13H21N5O3. The van der Waals surface area contributed by atoms with Gasteiger partial charge in [0.05, 0.1) is 25.0 Å². The van der Waals surface area contributed by atoms with Gasteiger partial charge in [0.25, 0.3) is 0 Å². The van der Waals surface area contributed by atoms with Gasteiger partial charge in [-0.05, 0) is 13.0 Å². The lowest BCUT2D eigenvalue weighted by molar-refractivity contribution is -0.143.